The summed E-state index contributed by atoms with van der Waals surface area (Å²) in [7, 11) is 0. The van der Waals surface area contributed by atoms with Crippen molar-refractivity contribution < 1.29 is 10.1 Å². The number of quaternary nitrogens is 1. The third-order valence-electron chi connectivity index (χ3n) is 3.19. The summed E-state index contributed by atoms with van der Waals surface area (Å²) in [5, 5.41) is 4.98. The quantitative estimate of drug-likeness (QED) is 0.763. The topological polar surface area (TPSA) is 97.5 Å². The van der Waals surface area contributed by atoms with Crippen molar-refractivity contribution in [3.05, 3.63) is 53.3 Å². The van der Waals surface area contributed by atoms with E-state index in [-0.39, 0.29) is 11.9 Å². The first-order valence-electron chi connectivity index (χ1n) is 6.90. The maximum absolute atomic E-state index is 12.1. The Morgan fingerprint density at radius 2 is 2.27 bits per heavy atom. The number of carbonyl (C=O) groups excluding carboxylic acids is 1. The van der Waals surface area contributed by atoms with Gasteiger partial charge in [-0.2, -0.15) is 0 Å². The van der Waals surface area contributed by atoms with Gasteiger partial charge in [0.2, 0.25) is 5.95 Å². The molecular formula is C15H16N5OS+. The smallest absolute Gasteiger partial charge is 0.261 e. The molecule has 0 saturated carbocycles. The van der Waals surface area contributed by atoms with Gasteiger partial charge in [-0.1, -0.05) is 0 Å². The van der Waals surface area contributed by atoms with Crippen molar-refractivity contribution in [1.29, 1.82) is 0 Å². The lowest BCUT2D eigenvalue weighted by Crippen LogP contribution is -2.74. The normalized spacial score (nSPS) is 13.2. The summed E-state index contributed by atoms with van der Waals surface area (Å²) in [5.74, 6) is 0.163. The number of amides is 1. The van der Waals surface area contributed by atoms with E-state index in [4.69, 9.17) is 5.73 Å². The van der Waals surface area contributed by atoms with Crippen molar-refractivity contribution in [2.24, 2.45) is 0 Å². The Morgan fingerprint density at radius 1 is 1.36 bits per heavy atom. The number of anilines is 1. The van der Waals surface area contributed by atoms with E-state index in [0.717, 1.165) is 17.0 Å². The Bertz CT molecular complexity index is 750. The van der Waals surface area contributed by atoms with E-state index in [0.29, 0.717) is 11.4 Å². The van der Waals surface area contributed by atoms with Crippen molar-refractivity contribution in [3.8, 4) is 10.6 Å². The van der Waals surface area contributed by atoms with Crippen LogP contribution in [0.25, 0.3) is 10.6 Å². The minimum absolute atomic E-state index is 0.0650. The molecule has 0 fully saturated rings. The minimum atomic E-state index is -0.0650. The zero-order valence-corrected chi connectivity index (χ0v) is 12.6. The molecule has 1 aliphatic heterocycles. The number of nitrogens with two attached hydrogens (primary N) is 2. The second-order valence-electron chi connectivity index (χ2n) is 4.76. The maximum Gasteiger partial charge on any atom is 0.261 e. The molecule has 0 saturated heterocycles. The number of nitrogen functional groups attached to an aromatic ring is 1. The summed E-state index contributed by atoms with van der Waals surface area (Å²) in [4.78, 5) is 21.7. The van der Waals surface area contributed by atoms with Gasteiger partial charge in [0.05, 0.1) is 21.6 Å². The number of allylic oxidation sites excluding steroid dienone is 2. The second-order valence-corrected chi connectivity index (χ2v) is 5.85. The van der Waals surface area contributed by atoms with Crippen LogP contribution in [0.1, 0.15) is 16.1 Å². The molecule has 112 valence electrons. The Kier molecular flexibility index (Phi) is 4.27. The number of thiophene rings is 1. The fourth-order valence-corrected chi connectivity index (χ4v) is 2.99. The van der Waals surface area contributed by atoms with Gasteiger partial charge in [0.15, 0.2) is 0 Å². The number of rotatable bonds is 5. The van der Waals surface area contributed by atoms with Gasteiger partial charge in [-0.25, -0.2) is 9.97 Å². The van der Waals surface area contributed by atoms with Crippen molar-refractivity contribution >= 4 is 23.2 Å². The van der Waals surface area contributed by atoms with Crippen LogP contribution in [-0.4, -0.2) is 22.4 Å². The molecule has 0 radical (unpaired) electrons. The van der Waals surface area contributed by atoms with E-state index in [9.17, 15) is 4.79 Å². The minimum Gasteiger partial charge on any atom is -0.368 e. The first-order chi connectivity index (χ1) is 10.7. The zero-order chi connectivity index (χ0) is 15.4. The third-order valence-corrected chi connectivity index (χ3v) is 4.29. The lowest BCUT2D eigenvalue weighted by molar-refractivity contribution is -0.533. The number of carbonyl (C=O) groups is 1. The van der Waals surface area contributed by atoms with Crippen molar-refractivity contribution in [2.45, 2.75) is 6.42 Å². The Hall–Kier alpha value is -2.51. The van der Waals surface area contributed by atoms with Crippen molar-refractivity contribution in [1.82, 2.24) is 15.3 Å². The predicted molar refractivity (Wildman–Crippen MR) is 85.9 cm³/mol. The third kappa shape index (κ3) is 3.38. The van der Waals surface area contributed by atoms with Crippen LogP contribution in [0.2, 0.25) is 0 Å². The summed E-state index contributed by atoms with van der Waals surface area (Å²) in [6.45, 7) is 0.622. The predicted octanol–water partition coefficient (Wildman–Crippen LogP) is 0.882. The molecule has 0 atom stereocenters. The first kappa shape index (κ1) is 14.4. The Labute approximate surface area is 131 Å². The summed E-state index contributed by atoms with van der Waals surface area (Å²) in [5.41, 5.74) is 7.53. The molecule has 2 aromatic heterocycles. The molecule has 6 nitrogen and oxygen atoms in total. The molecule has 3 heterocycles. The summed E-state index contributed by atoms with van der Waals surface area (Å²) in [6, 6.07) is 5.45. The highest BCUT2D eigenvalue weighted by Crippen LogP contribution is 2.26. The maximum atomic E-state index is 12.1. The standard InChI is InChI=1S/C15H15N5OS/c16-15-19-9-6-11(20-15)12-3-4-13(22-12)14(21)18-8-5-10-2-1-7-17-10/h1-4,6-7,9,17H,5,8H2,(H,18,21)(H2,16,19,20)/p+1. The van der Waals surface area contributed by atoms with Crippen LogP contribution < -0.4 is 16.4 Å². The molecule has 3 rings (SSSR count). The summed E-state index contributed by atoms with van der Waals surface area (Å²) < 4.78 is 0. The summed E-state index contributed by atoms with van der Waals surface area (Å²) in [6.07, 6.45) is 8.48. The first-order valence-corrected chi connectivity index (χ1v) is 7.71. The van der Waals surface area contributed by atoms with Gasteiger partial charge in [0, 0.05) is 25.2 Å². The highest BCUT2D eigenvalue weighted by atomic mass is 32.1. The fourth-order valence-electron chi connectivity index (χ4n) is 2.10. The Balaban J connectivity index is 1.59. The molecular weight excluding hydrogens is 298 g/mol. The molecule has 0 aromatic carbocycles. The van der Waals surface area contributed by atoms with Crippen LogP contribution >= 0.6 is 11.3 Å². The van der Waals surface area contributed by atoms with Crippen LogP contribution in [0.15, 0.2) is 48.4 Å². The number of nitrogens with zero attached hydrogens (tertiary/aromatic N) is 2. The highest BCUT2D eigenvalue weighted by Gasteiger charge is 2.12. The molecule has 1 aliphatic rings. The number of hydrogen-bond acceptors (Lipinski definition) is 5. The second kappa shape index (κ2) is 6.50. The van der Waals surface area contributed by atoms with Crippen molar-refractivity contribution in [2.75, 3.05) is 12.3 Å². The Morgan fingerprint density at radius 3 is 3.05 bits per heavy atom. The van der Waals surface area contributed by atoms with Crippen LogP contribution in [-0.2, 0) is 0 Å². The highest BCUT2D eigenvalue weighted by molar-refractivity contribution is 7.17. The molecule has 2 aromatic rings. The molecule has 1 amide bonds. The number of nitrogens with one attached hydrogen (secondary N) is 1. The van der Waals surface area contributed by atoms with Crippen LogP contribution in [0.5, 0.6) is 0 Å². The lowest BCUT2D eigenvalue weighted by atomic mass is 10.3. The molecule has 7 heteroatoms. The largest absolute Gasteiger partial charge is 0.368 e. The lowest BCUT2D eigenvalue weighted by Gasteiger charge is -2.02. The average Bonchev–Trinajstić information content (AvgIpc) is 3.19. The van der Waals surface area contributed by atoms with Gasteiger partial charge in [-0.05, 0) is 24.3 Å². The van der Waals surface area contributed by atoms with Crippen LogP contribution in [0.3, 0.4) is 0 Å². The van der Waals surface area contributed by atoms with Gasteiger partial charge >= 0.3 is 0 Å². The van der Waals surface area contributed by atoms with Gasteiger partial charge < -0.3 is 11.1 Å². The van der Waals surface area contributed by atoms with Gasteiger partial charge in [0.1, 0.15) is 5.70 Å². The van der Waals surface area contributed by atoms with E-state index in [2.05, 4.69) is 26.7 Å². The SMILES string of the molecule is Nc1nccc(-c2ccc(C(=O)NCCC3=CC=C[NH2+]3)s2)n1. The van der Waals surface area contributed by atoms with Crippen LogP contribution in [0.4, 0.5) is 5.95 Å². The van der Waals surface area contributed by atoms with E-state index < -0.39 is 0 Å². The van der Waals surface area contributed by atoms with Crippen LogP contribution in [0, 0.1) is 0 Å². The van der Waals surface area contributed by atoms with E-state index in [1.165, 1.54) is 17.0 Å². The molecule has 22 heavy (non-hydrogen) atoms. The number of aromatic nitrogens is 2. The zero-order valence-electron chi connectivity index (χ0n) is 11.8. The van der Waals surface area contributed by atoms with Gasteiger partial charge in [0.25, 0.3) is 5.91 Å². The molecule has 0 aliphatic carbocycles. The van der Waals surface area contributed by atoms with Gasteiger partial charge in [-0.3, -0.25) is 10.1 Å². The molecule has 5 N–H and O–H groups in total. The average molecular weight is 314 g/mol. The van der Waals surface area contributed by atoms with Crippen molar-refractivity contribution in [3.63, 3.8) is 0 Å². The summed E-state index contributed by atoms with van der Waals surface area (Å²) >= 11 is 1.39. The molecule has 0 spiro atoms. The molecule has 0 unspecified atom stereocenters. The van der Waals surface area contributed by atoms with E-state index in [1.807, 2.05) is 18.3 Å². The van der Waals surface area contributed by atoms with E-state index in [1.54, 1.807) is 18.3 Å². The fraction of sp³-hybridized carbons (Fsp3) is 0.133. The number of hydrogen-bond donors (Lipinski definition) is 3. The van der Waals surface area contributed by atoms with Gasteiger partial charge in [-0.15, -0.1) is 11.3 Å². The van der Waals surface area contributed by atoms with E-state index >= 15 is 0 Å². The molecule has 0 bridgehead atoms. The monoisotopic (exact) mass is 314 g/mol.